The number of fused-ring (bicyclic) bond motifs is 1. The highest BCUT2D eigenvalue weighted by Gasteiger charge is 2.08. The fraction of sp³-hybridized carbons (Fsp3) is 0. The second kappa shape index (κ2) is 4.29. The second-order valence-corrected chi connectivity index (χ2v) is 5.17. The first kappa shape index (κ1) is 11.0. The van der Waals surface area contributed by atoms with Crippen LogP contribution in [-0.2, 0) is 0 Å². The number of rotatable bonds is 2. The molecule has 17 heavy (non-hydrogen) atoms. The number of aromatic nitrogens is 2. The van der Waals surface area contributed by atoms with Gasteiger partial charge in [-0.3, -0.25) is 0 Å². The highest BCUT2D eigenvalue weighted by atomic mass is 35.5. The molecule has 0 amide bonds. The van der Waals surface area contributed by atoms with Crippen LogP contribution in [0.15, 0.2) is 45.2 Å². The number of hydrogen-bond donors (Lipinski definition) is 1. The molecule has 0 radical (unpaired) electrons. The van der Waals surface area contributed by atoms with Gasteiger partial charge in [-0.15, -0.1) is 0 Å². The van der Waals surface area contributed by atoms with Gasteiger partial charge in [0, 0.05) is 0 Å². The Hall–Kier alpha value is -1.10. The van der Waals surface area contributed by atoms with Gasteiger partial charge in [0.15, 0.2) is 10.2 Å². The Balaban J connectivity index is 2.02. The highest BCUT2D eigenvalue weighted by molar-refractivity contribution is 7.99. The SMILES string of the molecule is Clc1cc2nc(Sc3ccco3)[nH]c2cc1Cl. The fourth-order valence-corrected chi connectivity index (χ4v) is 2.51. The lowest BCUT2D eigenvalue weighted by Crippen LogP contribution is -1.71. The molecular weight excluding hydrogens is 279 g/mol. The van der Waals surface area contributed by atoms with Gasteiger partial charge in [-0.25, -0.2) is 4.98 Å². The first-order valence-corrected chi connectivity index (χ1v) is 6.36. The quantitative estimate of drug-likeness (QED) is 0.747. The zero-order chi connectivity index (χ0) is 11.8. The Kier molecular flexibility index (Phi) is 2.78. The molecule has 0 spiro atoms. The molecule has 0 aliphatic heterocycles. The molecule has 0 atom stereocenters. The van der Waals surface area contributed by atoms with Crippen LogP contribution < -0.4 is 0 Å². The zero-order valence-electron chi connectivity index (χ0n) is 8.41. The van der Waals surface area contributed by atoms with E-state index in [0.717, 1.165) is 21.3 Å². The van der Waals surface area contributed by atoms with E-state index in [9.17, 15) is 0 Å². The van der Waals surface area contributed by atoms with Crippen molar-refractivity contribution < 1.29 is 4.42 Å². The molecule has 3 rings (SSSR count). The third kappa shape index (κ3) is 2.16. The summed E-state index contributed by atoms with van der Waals surface area (Å²) in [5.74, 6) is 0. The average molecular weight is 285 g/mol. The van der Waals surface area contributed by atoms with Gasteiger partial charge in [-0.2, -0.15) is 0 Å². The topological polar surface area (TPSA) is 41.8 Å². The van der Waals surface area contributed by atoms with E-state index in [0.29, 0.717) is 10.0 Å². The molecule has 1 N–H and O–H groups in total. The Bertz CT molecular complexity index is 624. The normalized spacial score (nSPS) is 11.2. The molecule has 0 fully saturated rings. The van der Waals surface area contributed by atoms with E-state index in [1.54, 1.807) is 18.4 Å². The van der Waals surface area contributed by atoms with Crippen molar-refractivity contribution in [1.82, 2.24) is 9.97 Å². The van der Waals surface area contributed by atoms with Gasteiger partial charge in [0.25, 0.3) is 0 Å². The molecule has 0 aliphatic rings. The maximum absolute atomic E-state index is 5.93. The molecular formula is C11H6Cl2N2OS. The van der Waals surface area contributed by atoms with Crippen molar-refractivity contribution in [2.24, 2.45) is 0 Å². The summed E-state index contributed by atoms with van der Waals surface area (Å²) >= 11 is 13.3. The number of hydrogen-bond acceptors (Lipinski definition) is 3. The molecule has 6 heteroatoms. The number of H-pyrrole nitrogens is 1. The Labute approximate surface area is 111 Å². The van der Waals surface area contributed by atoms with Gasteiger partial charge in [-0.1, -0.05) is 23.2 Å². The molecule has 86 valence electrons. The highest BCUT2D eigenvalue weighted by Crippen LogP contribution is 2.31. The second-order valence-electron chi connectivity index (χ2n) is 3.36. The van der Waals surface area contributed by atoms with E-state index in [4.69, 9.17) is 27.6 Å². The first-order valence-electron chi connectivity index (χ1n) is 4.78. The van der Waals surface area contributed by atoms with E-state index >= 15 is 0 Å². The predicted octanol–water partition coefficient (Wildman–Crippen LogP) is 4.61. The Morgan fingerprint density at radius 1 is 1.24 bits per heavy atom. The maximum atomic E-state index is 5.93. The maximum Gasteiger partial charge on any atom is 0.174 e. The van der Waals surface area contributed by atoms with E-state index < -0.39 is 0 Å². The summed E-state index contributed by atoms with van der Waals surface area (Å²) in [7, 11) is 0. The van der Waals surface area contributed by atoms with Gasteiger partial charge in [-0.05, 0) is 36.0 Å². The van der Waals surface area contributed by atoms with Crippen molar-refractivity contribution in [3.63, 3.8) is 0 Å². The van der Waals surface area contributed by atoms with Crippen LogP contribution in [-0.4, -0.2) is 9.97 Å². The molecule has 0 saturated carbocycles. The lowest BCUT2D eigenvalue weighted by molar-refractivity contribution is 0.474. The van der Waals surface area contributed by atoms with Crippen LogP contribution in [0.5, 0.6) is 0 Å². The summed E-state index contributed by atoms with van der Waals surface area (Å²) in [5, 5.41) is 2.53. The number of nitrogens with one attached hydrogen (secondary N) is 1. The van der Waals surface area contributed by atoms with Gasteiger partial charge >= 0.3 is 0 Å². The first-order chi connectivity index (χ1) is 8.22. The van der Waals surface area contributed by atoms with Crippen LogP contribution in [0.1, 0.15) is 0 Å². The molecule has 3 nitrogen and oxygen atoms in total. The monoisotopic (exact) mass is 284 g/mol. The molecule has 0 unspecified atom stereocenters. The van der Waals surface area contributed by atoms with Crippen LogP contribution in [0.3, 0.4) is 0 Å². The van der Waals surface area contributed by atoms with Crippen molar-refractivity contribution in [3.05, 3.63) is 40.6 Å². The van der Waals surface area contributed by atoms with E-state index in [-0.39, 0.29) is 0 Å². The largest absolute Gasteiger partial charge is 0.458 e. The van der Waals surface area contributed by atoms with E-state index in [1.807, 2.05) is 12.1 Å². The van der Waals surface area contributed by atoms with Gasteiger partial charge in [0.2, 0.25) is 0 Å². The number of furan rings is 1. The number of aromatic amines is 1. The average Bonchev–Trinajstić information content (AvgIpc) is 2.89. The summed E-state index contributed by atoms with van der Waals surface area (Å²) in [6.45, 7) is 0. The zero-order valence-corrected chi connectivity index (χ0v) is 10.7. The number of halogens is 2. The minimum Gasteiger partial charge on any atom is -0.458 e. The summed E-state index contributed by atoms with van der Waals surface area (Å²) < 4.78 is 5.23. The van der Waals surface area contributed by atoms with Crippen molar-refractivity contribution >= 4 is 46.0 Å². The predicted molar refractivity (Wildman–Crippen MR) is 68.9 cm³/mol. The molecule has 0 aliphatic carbocycles. The van der Waals surface area contributed by atoms with Crippen LogP contribution in [0, 0.1) is 0 Å². The minimum absolute atomic E-state index is 0.500. The number of imidazole rings is 1. The third-order valence-corrected chi connectivity index (χ3v) is 3.74. The molecule has 2 aromatic heterocycles. The molecule has 0 saturated heterocycles. The van der Waals surface area contributed by atoms with Crippen LogP contribution in [0.2, 0.25) is 10.0 Å². The van der Waals surface area contributed by atoms with Crippen molar-refractivity contribution in [2.75, 3.05) is 0 Å². The number of nitrogens with zero attached hydrogens (tertiary/aromatic N) is 1. The lowest BCUT2D eigenvalue weighted by atomic mass is 10.3. The summed E-state index contributed by atoms with van der Waals surface area (Å²) in [6, 6.07) is 7.21. The molecule has 2 heterocycles. The van der Waals surface area contributed by atoms with Crippen LogP contribution >= 0.6 is 35.0 Å². The standard InChI is InChI=1S/C11H6Cl2N2OS/c12-6-4-8-9(5-7(6)13)15-11(14-8)17-10-2-1-3-16-10/h1-5H,(H,14,15). The van der Waals surface area contributed by atoms with Gasteiger partial charge < -0.3 is 9.40 Å². The van der Waals surface area contributed by atoms with E-state index in [1.165, 1.54) is 11.8 Å². The Morgan fingerprint density at radius 2 is 2.06 bits per heavy atom. The number of benzene rings is 1. The lowest BCUT2D eigenvalue weighted by Gasteiger charge is -1.93. The third-order valence-electron chi connectivity index (χ3n) is 2.19. The minimum atomic E-state index is 0.500. The van der Waals surface area contributed by atoms with Gasteiger partial charge in [0.1, 0.15) is 0 Å². The van der Waals surface area contributed by atoms with E-state index in [2.05, 4.69) is 9.97 Å². The fourth-order valence-electron chi connectivity index (χ4n) is 1.45. The summed E-state index contributed by atoms with van der Waals surface area (Å²) in [6.07, 6.45) is 1.62. The molecule has 3 aromatic rings. The molecule has 1 aromatic carbocycles. The summed E-state index contributed by atoms with van der Waals surface area (Å²) in [5.41, 5.74) is 1.64. The smallest absolute Gasteiger partial charge is 0.174 e. The van der Waals surface area contributed by atoms with Crippen molar-refractivity contribution in [1.29, 1.82) is 0 Å². The van der Waals surface area contributed by atoms with Crippen molar-refractivity contribution in [2.45, 2.75) is 10.2 Å². The van der Waals surface area contributed by atoms with Crippen molar-refractivity contribution in [3.8, 4) is 0 Å². The van der Waals surface area contributed by atoms with Crippen LogP contribution in [0.25, 0.3) is 11.0 Å². The Morgan fingerprint density at radius 3 is 2.82 bits per heavy atom. The summed E-state index contributed by atoms with van der Waals surface area (Å²) in [4.78, 5) is 7.54. The van der Waals surface area contributed by atoms with Gasteiger partial charge in [0.05, 0.1) is 27.3 Å². The molecule has 0 bridgehead atoms. The van der Waals surface area contributed by atoms with Crippen LogP contribution in [0.4, 0.5) is 0 Å².